The molecule has 9 nitrogen and oxygen atoms in total. The number of carbonyl (C=O) groups is 2. The molecule has 0 aliphatic heterocycles. The van der Waals surface area contributed by atoms with Gasteiger partial charge in [0, 0.05) is 18.6 Å². The van der Waals surface area contributed by atoms with Crippen molar-refractivity contribution >= 4 is 12.0 Å². The number of carbonyl (C=O) groups excluding carboxylic acids is 1. The highest BCUT2D eigenvalue weighted by atomic mass is 19.1. The van der Waals surface area contributed by atoms with Gasteiger partial charge in [-0.05, 0) is 86.8 Å². The molecular weight excluding hydrogens is 491 g/mol. The highest BCUT2D eigenvalue weighted by Crippen LogP contribution is 2.32. The van der Waals surface area contributed by atoms with Gasteiger partial charge in [-0.3, -0.25) is 4.79 Å². The second-order valence-electron chi connectivity index (χ2n) is 9.69. The third kappa shape index (κ3) is 6.98. The number of pyridine rings is 1. The van der Waals surface area contributed by atoms with E-state index >= 15 is 0 Å². The van der Waals surface area contributed by atoms with E-state index in [0.717, 1.165) is 29.0 Å². The van der Waals surface area contributed by atoms with Gasteiger partial charge in [0.1, 0.15) is 22.9 Å². The van der Waals surface area contributed by atoms with Gasteiger partial charge in [-0.1, -0.05) is 18.2 Å². The molecule has 4 N–H and O–H groups in total. The molecule has 1 saturated carbocycles. The Labute approximate surface area is 220 Å². The number of phenols is 1. The number of aromatic hydroxyl groups is 1. The Hall–Kier alpha value is -4.18. The van der Waals surface area contributed by atoms with E-state index in [4.69, 9.17) is 9.84 Å². The van der Waals surface area contributed by atoms with Gasteiger partial charge in [0.05, 0.1) is 6.20 Å². The first-order valence-corrected chi connectivity index (χ1v) is 12.4. The van der Waals surface area contributed by atoms with Crippen LogP contribution in [0.2, 0.25) is 0 Å². The van der Waals surface area contributed by atoms with Crippen molar-refractivity contribution in [3.8, 4) is 28.5 Å². The third-order valence-electron chi connectivity index (χ3n) is 6.39. The van der Waals surface area contributed by atoms with Crippen LogP contribution >= 0.6 is 0 Å². The number of rotatable bonds is 8. The van der Waals surface area contributed by atoms with Crippen LogP contribution in [-0.4, -0.2) is 58.3 Å². The Kier molecular flexibility index (Phi) is 8.42. The van der Waals surface area contributed by atoms with E-state index in [9.17, 15) is 19.1 Å². The second kappa shape index (κ2) is 11.9. The minimum atomic E-state index is -1.06. The number of ether oxygens (including phenoxy) is 1. The van der Waals surface area contributed by atoms with Gasteiger partial charge >= 0.3 is 6.09 Å². The Bertz CT molecular complexity index is 1310. The van der Waals surface area contributed by atoms with Crippen molar-refractivity contribution in [2.24, 2.45) is 0 Å². The summed E-state index contributed by atoms with van der Waals surface area (Å²) in [4.78, 5) is 30.0. The van der Waals surface area contributed by atoms with E-state index in [1.54, 1.807) is 24.3 Å². The maximum absolute atomic E-state index is 14.1. The summed E-state index contributed by atoms with van der Waals surface area (Å²) < 4.78 is 20.0. The number of benzene rings is 2. The average molecular weight is 523 g/mol. The van der Waals surface area contributed by atoms with Crippen molar-refractivity contribution in [1.29, 1.82) is 0 Å². The summed E-state index contributed by atoms with van der Waals surface area (Å²) in [5.41, 5.74) is 2.67. The SMILES string of the molecule is CN(C)Cc1cc(O)ccc1-c1cccc(Oc2ncc(F)cc2C(=O)NC2CCC(NC(=O)O)CC2)c1. The van der Waals surface area contributed by atoms with E-state index in [2.05, 4.69) is 15.6 Å². The number of nitrogens with one attached hydrogen (secondary N) is 2. The molecule has 0 radical (unpaired) electrons. The lowest BCUT2D eigenvalue weighted by Crippen LogP contribution is -2.43. The number of aromatic nitrogens is 1. The zero-order valence-electron chi connectivity index (χ0n) is 21.3. The van der Waals surface area contributed by atoms with Crippen LogP contribution in [0.1, 0.15) is 41.6 Å². The molecule has 0 saturated heterocycles. The monoisotopic (exact) mass is 522 g/mol. The summed E-state index contributed by atoms with van der Waals surface area (Å²) in [5.74, 6) is -0.607. The number of carboxylic acid groups (broad SMARTS) is 1. The first-order valence-electron chi connectivity index (χ1n) is 12.4. The Morgan fingerprint density at radius 3 is 2.45 bits per heavy atom. The molecule has 1 aromatic heterocycles. The minimum Gasteiger partial charge on any atom is -0.508 e. The van der Waals surface area contributed by atoms with Crippen LogP contribution in [0.15, 0.2) is 54.7 Å². The molecule has 1 aliphatic rings. The van der Waals surface area contributed by atoms with Crippen molar-refractivity contribution in [2.45, 2.75) is 44.3 Å². The Morgan fingerprint density at radius 2 is 1.76 bits per heavy atom. The molecule has 1 heterocycles. The van der Waals surface area contributed by atoms with Crippen LogP contribution in [-0.2, 0) is 6.54 Å². The van der Waals surface area contributed by atoms with Crippen LogP contribution in [0.4, 0.5) is 9.18 Å². The molecule has 1 aliphatic carbocycles. The lowest BCUT2D eigenvalue weighted by atomic mass is 9.91. The van der Waals surface area contributed by atoms with Crippen LogP contribution in [0, 0.1) is 5.82 Å². The topological polar surface area (TPSA) is 124 Å². The van der Waals surface area contributed by atoms with Gasteiger partial charge in [-0.2, -0.15) is 0 Å². The fourth-order valence-corrected chi connectivity index (χ4v) is 4.66. The number of hydrogen-bond acceptors (Lipinski definition) is 6. The van der Waals surface area contributed by atoms with Gasteiger partial charge in [0.15, 0.2) is 0 Å². The molecule has 2 aromatic carbocycles. The zero-order chi connectivity index (χ0) is 27.2. The summed E-state index contributed by atoms with van der Waals surface area (Å²) in [6, 6.07) is 13.2. The molecule has 0 spiro atoms. The molecule has 10 heteroatoms. The van der Waals surface area contributed by atoms with E-state index in [-0.39, 0.29) is 29.3 Å². The number of phenolic OH excluding ortho intramolecular Hbond substituents is 1. The lowest BCUT2D eigenvalue weighted by Gasteiger charge is -2.29. The van der Waals surface area contributed by atoms with Crippen LogP contribution in [0.25, 0.3) is 11.1 Å². The van der Waals surface area contributed by atoms with Gasteiger partial charge in [0.2, 0.25) is 5.88 Å². The lowest BCUT2D eigenvalue weighted by molar-refractivity contribution is 0.0919. The summed E-state index contributed by atoms with van der Waals surface area (Å²) >= 11 is 0. The van der Waals surface area contributed by atoms with Gasteiger partial charge in [-0.15, -0.1) is 0 Å². The normalized spacial score (nSPS) is 17.2. The predicted molar refractivity (Wildman–Crippen MR) is 140 cm³/mol. The summed E-state index contributed by atoms with van der Waals surface area (Å²) in [6.45, 7) is 0.618. The number of hydrogen-bond donors (Lipinski definition) is 4. The van der Waals surface area contributed by atoms with Gasteiger partial charge in [0.25, 0.3) is 5.91 Å². The number of amides is 2. The van der Waals surface area contributed by atoms with Gasteiger partial charge < -0.3 is 30.5 Å². The van der Waals surface area contributed by atoms with Crippen molar-refractivity contribution in [3.05, 3.63) is 71.7 Å². The molecule has 1 fully saturated rings. The van der Waals surface area contributed by atoms with Crippen LogP contribution < -0.4 is 15.4 Å². The summed E-state index contributed by atoms with van der Waals surface area (Å²) in [7, 11) is 3.89. The highest BCUT2D eigenvalue weighted by Gasteiger charge is 2.25. The van der Waals surface area contributed by atoms with Crippen LogP contribution in [0.3, 0.4) is 0 Å². The van der Waals surface area contributed by atoms with Crippen molar-refractivity contribution in [3.63, 3.8) is 0 Å². The van der Waals surface area contributed by atoms with E-state index in [1.165, 1.54) is 0 Å². The number of nitrogens with zero attached hydrogens (tertiary/aromatic N) is 2. The summed E-state index contributed by atoms with van der Waals surface area (Å²) in [5, 5.41) is 24.2. The standard InChI is InChI=1S/C28H31FN4O5/c1-33(2)16-18-12-22(34)10-11-24(18)17-4-3-5-23(13-17)38-27-25(14-19(29)15-30-27)26(35)31-20-6-8-21(9-7-20)32-28(36)37/h3-5,10-15,20-21,32,34H,6-9,16H2,1-2H3,(H,31,35)(H,36,37). The van der Waals surface area contributed by atoms with E-state index < -0.39 is 17.8 Å². The molecule has 200 valence electrons. The van der Waals surface area contributed by atoms with Crippen LogP contribution in [0.5, 0.6) is 17.4 Å². The van der Waals surface area contributed by atoms with Gasteiger partial charge in [-0.25, -0.2) is 14.2 Å². The molecule has 3 aromatic rings. The first-order chi connectivity index (χ1) is 18.2. The maximum atomic E-state index is 14.1. The quantitative estimate of drug-likeness (QED) is 0.336. The molecule has 0 unspecified atom stereocenters. The molecular formula is C28H31FN4O5. The Balaban J connectivity index is 1.52. The molecule has 38 heavy (non-hydrogen) atoms. The zero-order valence-corrected chi connectivity index (χ0v) is 21.3. The fourth-order valence-electron chi connectivity index (χ4n) is 4.66. The summed E-state index contributed by atoms with van der Waals surface area (Å²) in [6.07, 6.45) is 2.32. The number of halogens is 1. The largest absolute Gasteiger partial charge is 0.508 e. The van der Waals surface area contributed by atoms with E-state index in [1.807, 2.05) is 37.2 Å². The predicted octanol–water partition coefficient (Wildman–Crippen LogP) is 4.76. The first kappa shape index (κ1) is 26.9. The second-order valence-corrected chi connectivity index (χ2v) is 9.69. The maximum Gasteiger partial charge on any atom is 0.404 e. The Morgan fingerprint density at radius 1 is 1.05 bits per heavy atom. The third-order valence-corrected chi connectivity index (χ3v) is 6.39. The fraction of sp³-hybridized carbons (Fsp3) is 0.321. The molecule has 0 atom stereocenters. The van der Waals surface area contributed by atoms with E-state index in [0.29, 0.717) is 38.0 Å². The highest BCUT2D eigenvalue weighted by molar-refractivity contribution is 5.96. The molecule has 0 bridgehead atoms. The molecule has 4 rings (SSSR count). The van der Waals surface area contributed by atoms with Crippen molar-refractivity contribution in [2.75, 3.05) is 14.1 Å². The molecule has 2 amide bonds. The average Bonchev–Trinajstić information content (AvgIpc) is 2.86. The minimum absolute atomic E-state index is 0.0264. The smallest absolute Gasteiger partial charge is 0.404 e. The van der Waals surface area contributed by atoms with Crippen molar-refractivity contribution in [1.82, 2.24) is 20.5 Å². The van der Waals surface area contributed by atoms with Crippen molar-refractivity contribution < 1.29 is 28.9 Å².